The number of aromatic nitrogens is 3. The molecule has 0 radical (unpaired) electrons. The molecular weight excluding hydrogens is 761 g/mol. The second-order valence-corrected chi connectivity index (χ2v) is 20.9. The van der Waals surface area contributed by atoms with Crippen LogP contribution < -0.4 is 9.46 Å². The molecule has 10 rings (SSSR count). The fraction of sp³-hybridized carbons (Fsp3) is 0.553. The number of ether oxygens (including phenoxy) is 1. The topological polar surface area (TPSA) is 119 Å². The maximum atomic E-state index is 15.1. The van der Waals surface area contributed by atoms with E-state index >= 15 is 4.79 Å². The molecule has 3 aliphatic heterocycles. The SMILES string of the molecule is COc1ccc2c(c1)C=C(c1c(C(=O)N3C[C@@H]4C[C@H]3CN4CC3CC3)c(C)nn1C1CCC1)Cn1c-2c(C2CCCCC2)c2ccc(CC(=O)NS(=O)(=O)C(C)C)cc21. The second-order valence-electron chi connectivity index (χ2n) is 18.7. The quantitative estimate of drug-likeness (QED) is 0.164. The zero-order chi connectivity index (χ0) is 40.7. The smallest absolute Gasteiger partial charge is 0.258 e. The van der Waals surface area contributed by atoms with Crippen molar-refractivity contribution < 1.29 is 22.7 Å². The lowest BCUT2D eigenvalue weighted by molar-refractivity contribution is -0.118. The summed E-state index contributed by atoms with van der Waals surface area (Å²) in [5.74, 6) is 1.54. The third-order valence-corrected chi connectivity index (χ3v) is 16.2. The van der Waals surface area contributed by atoms with E-state index in [-0.39, 0.29) is 24.4 Å². The van der Waals surface area contributed by atoms with Crippen molar-refractivity contribution in [2.24, 2.45) is 5.92 Å². The number of sulfonamides is 1. The molecule has 2 saturated heterocycles. The fourth-order valence-electron chi connectivity index (χ4n) is 10.8. The molecule has 312 valence electrons. The number of nitrogens with zero attached hydrogens (tertiary/aromatic N) is 5. The summed E-state index contributed by atoms with van der Waals surface area (Å²) >= 11 is 0. The van der Waals surface area contributed by atoms with Crippen molar-refractivity contribution in [3.63, 3.8) is 0 Å². The van der Waals surface area contributed by atoms with Gasteiger partial charge in [0.1, 0.15) is 5.75 Å². The van der Waals surface area contributed by atoms with Gasteiger partial charge in [0.25, 0.3) is 5.91 Å². The van der Waals surface area contributed by atoms with Crippen LogP contribution in [-0.4, -0.2) is 88.5 Å². The summed E-state index contributed by atoms with van der Waals surface area (Å²) in [6.07, 6.45) is 15.0. The van der Waals surface area contributed by atoms with Crippen LogP contribution in [0.2, 0.25) is 0 Å². The van der Waals surface area contributed by atoms with E-state index in [2.05, 4.69) is 54.1 Å². The average molecular weight is 819 g/mol. The van der Waals surface area contributed by atoms with E-state index in [0.29, 0.717) is 18.5 Å². The first-order chi connectivity index (χ1) is 28.5. The van der Waals surface area contributed by atoms with Gasteiger partial charge in [0, 0.05) is 48.2 Å². The van der Waals surface area contributed by atoms with Gasteiger partial charge < -0.3 is 14.2 Å². The minimum atomic E-state index is -3.76. The van der Waals surface area contributed by atoms with Gasteiger partial charge in [-0.05, 0) is 137 Å². The van der Waals surface area contributed by atoms with Crippen molar-refractivity contribution in [3.8, 4) is 17.0 Å². The molecule has 2 aromatic heterocycles. The van der Waals surface area contributed by atoms with Crippen LogP contribution in [0.4, 0.5) is 0 Å². The number of carbonyl (C=O) groups excluding carboxylic acids is 2. The Balaban J connectivity index is 1.12. The molecule has 12 heteroatoms. The van der Waals surface area contributed by atoms with Gasteiger partial charge >= 0.3 is 0 Å². The molecule has 5 fully saturated rings. The van der Waals surface area contributed by atoms with Crippen LogP contribution in [0.25, 0.3) is 33.8 Å². The normalized spacial score (nSPS) is 22.3. The van der Waals surface area contributed by atoms with E-state index in [0.717, 1.165) is 113 Å². The lowest BCUT2D eigenvalue weighted by Crippen LogP contribution is -2.49. The zero-order valence-corrected chi connectivity index (χ0v) is 35.8. The monoisotopic (exact) mass is 818 g/mol. The number of rotatable bonds is 11. The minimum absolute atomic E-state index is 0.0555. The number of methoxy groups -OCH3 is 1. The van der Waals surface area contributed by atoms with Crippen LogP contribution >= 0.6 is 0 Å². The highest BCUT2D eigenvalue weighted by atomic mass is 32.2. The largest absolute Gasteiger partial charge is 0.497 e. The predicted molar refractivity (Wildman–Crippen MR) is 231 cm³/mol. The maximum Gasteiger partial charge on any atom is 0.258 e. The Morgan fingerprint density at radius 3 is 2.39 bits per heavy atom. The average Bonchev–Trinajstić information content (AvgIpc) is 3.53. The zero-order valence-electron chi connectivity index (χ0n) is 35.0. The van der Waals surface area contributed by atoms with E-state index in [4.69, 9.17) is 9.84 Å². The summed E-state index contributed by atoms with van der Waals surface area (Å²) < 4.78 is 38.0. The van der Waals surface area contributed by atoms with Crippen LogP contribution in [0.5, 0.6) is 5.75 Å². The molecule has 5 heterocycles. The van der Waals surface area contributed by atoms with Gasteiger partial charge in [-0.1, -0.05) is 31.4 Å². The summed E-state index contributed by atoms with van der Waals surface area (Å²) in [4.78, 5) is 33.1. The lowest BCUT2D eigenvalue weighted by Gasteiger charge is -2.34. The second kappa shape index (κ2) is 14.9. The lowest BCUT2D eigenvalue weighted by atomic mass is 9.81. The molecule has 11 nitrogen and oxygen atoms in total. The standard InChI is InChI=1S/C47H58N6O5S/c1-28(2)59(56,57)49-42(54)20-31-15-17-40-41(19-31)52-25-34(21-33-22-38(58-4)16-18-39(33)46(52)44(40)32-9-6-5-7-10-32)45-43(29(3)48-53(45)35-11-8-12-35)47(55)51-27-36-23-37(51)26-50(36)24-30-13-14-30/h15-19,21-22,28,30,32,35-37H,5-14,20,23-27H2,1-4H3,(H,49,54)/t36-,37-/m0/s1. The number of likely N-dealkylation sites (tertiary alicyclic amines) is 2. The number of piperazine rings is 1. The highest BCUT2D eigenvalue weighted by molar-refractivity contribution is 7.90. The van der Waals surface area contributed by atoms with E-state index in [1.807, 2.05) is 19.1 Å². The molecule has 2 bridgehead atoms. The van der Waals surface area contributed by atoms with E-state index in [1.54, 1.807) is 21.0 Å². The molecule has 59 heavy (non-hydrogen) atoms. The summed E-state index contributed by atoms with van der Waals surface area (Å²) in [7, 11) is -2.06. The van der Waals surface area contributed by atoms with E-state index in [9.17, 15) is 13.2 Å². The van der Waals surface area contributed by atoms with E-state index < -0.39 is 21.2 Å². The molecule has 0 unspecified atom stereocenters. The number of benzene rings is 2. The molecule has 1 N–H and O–H groups in total. The van der Waals surface area contributed by atoms with Gasteiger partial charge in [0.15, 0.2) is 0 Å². The number of hydrogen-bond acceptors (Lipinski definition) is 7. The Labute approximate surface area is 348 Å². The van der Waals surface area contributed by atoms with Gasteiger partial charge in [-0.2, -0.15) is 5.10 Å². The molecule has 0 spiro atoms. The summed E-state index contributed by atoms with van der Waals surface area (Å²) in [6.45, 7) is 8.56. The Morgan fingerprint density at radius 2 is 1.71 bits per heavy atom. The Hall–Kier alpha value is -4.42. The van der Waals surface area contributed by atoms with Crippen molar-refractivity contribution in [1.82, 2.24) is 28.9 Å². The van der Waals surface area contributed by atoms with Crippen molar-refractivity contribution in [2.75, 3.05) is 26.7 Å². The van der Waals surface area contributed by atoms with Gasteiger partial charge in [-0.25, -0.2) is 8.42 Å². The van der Waals surface area contributed by atoms with E-state index in [1.165, 1.54) is 49.9 Å². The molecule has 2 atom stereocenters. The van der Waals surface area contributed by atoms with Crippen LogP contribution in [0.15, 0.2) is 36.4 Å². The first-order valence-electron chi connectivity index (χ1n) is 22.2. The number of fused-ring (bicyclic) bond motifs is 7. The maximum absolute atomic E-state index is 15.1. The van der Waals surface area contributed by atoms with Gasteiger partial charge in [-0.3, -0.25) is 23.9 Å². The van der Waals surface area contributed by atoms with Crippen molar-refractivity contribution in [3.05, 3.63) is 70.0 Å². The van der Waals surface area contributed by atoms with Gasteiger partial charge in [0.05, 0.1) is 54.0 Å². The number of hydrogen-bond donors (Lipinski definition) is 1. The highest BCUT2D eigenvalue weighted by Crippen LogP contribution is 2.49. The molecule has 3 saturated carbocycles. The van der Waals surface area contributed by atoms with Crippen LogP contribution in [-0.2, 0) is 27.8 Å². The molecular formula is C47H58N6O5S. The van der Waals surface area contributed by atoms with Crippen molar-refractivity contribution in [1.29, 1.82) is 0 Å². The summed E-state index contributed by atoms with van der Waals surface area (Å²) in [5.41, 5.74) is 9.91. The molecule has 3 aliphatic carbocycles. The van der Waals surface area contributed by atoms with Gasteiger partial charge in [0.2, 0.25) is 15.9 Å². The minimum Gasteiger partial charge on any atom is -0.497 e. The molecule has 2 amide bonds. The van der Waals surface area contributed by atoms with Crippen LogP contribution in [0.1, 0.15) is 135 Å². The number of allylic oxidation sites excluding steroid dienone is 1. The predicted octanol–water partition coefficient (Wildman–Crippen LogP) is 7.85. The molecule has 4 aromatic rings. The van der Waals surface area contributed by atoms with Crippen LogP contribution in [0.3, 0.4) is 0 Å². The van der Waals surface area contributed by atoms with Gasteiger partial charge in [-0.15, -0.1) is 0 Å². The highest BCUT2D eigenvalue weighted by Gasteiger charge is 2.48. The third kappa shape index (κ3) is 6.91. The van der Waals surface area contributed by atoms with Crippen LogP contribution in [0, 0.1) is 12.8 Å². The number of nitrogens with one attached hydrogen (secondary N) is 1. The number of carbonyl (C=O) groups is 2. The summed E-state index contributed by atoms with van der Waals surface area (Å²) in [5, 5.41) is 5.67. The Bertz CT molecular complexity index is 2480. The number of amides is 2. The summed E-state index contributed by atoms with van der Waals surface area (Å²) in [6, 6.07) is 13.5. The first-order valence-corrected chi connectivity index (χ1v) is 23.7. The third-order valence-electron chi connectivity index (χ3n) is 14.4. The van der Waals surface area contributed by atoms with Crippen molar-refractivity contribution in [2.45, 2.75) is 134 Å². The molecule has 2 aromatic carbocycles. The Kier molecular flexibility index (Phi) is 9.81. The fourth-order valence-corrected chi connectivity index (χ4v) is 11.5. The Morgan fingerprint density at radius 1 is 0.915 bits per heavy atom. The first kappa shape index (κ1) is 38.8. The van der Waals surface area contributed by atoms with Crippen molar-refractivity contribution >= 4 is 44.4 Å². The number of aryl methyl sites for hydroxylation is 1. The molecule has 6 aliphatic rings.